The molecule has 2 aliphatic heterocycles. The second kappa shape index (κ2) is 6.70. The van der Waals surface area contributed by atoms with Crippen molar-refractivity contribution >= 4 is 51.9 Å². The number of nitrogens with zero attached hydrogens (tertiary/aromatic N) is 2. The van der Waals surface area contributed by atoms with Crippen molar-refractivity contribution in [3.8, 4) is 0 Å². The first-order chi connectivity index (χ1) is 12.5. The maximum absolute atomic E-state index is 12.5. The maximum atomic E-state index is 12.5. The summed E-state index contributed by atoms with van der Waals surface area (Å²) in [6, 6.07) is 6.99. The molecule has 2 atom stereocenters. The van der Waals surface area contributed by atoms with Gasteiger partial charge >= 0.3 is 5.97 Å². The lowest BCUT2D eigenvalue weighted by Crippen LogP contribution is -2.30. The Balaban J connectivity index is 1.58. The molecule has 0 bridgehead atoms. The van der Waals surface area contributed by atoms with Gasteiger partial charge in [-0.05, 0) is 42.2 Å². The maximum Gasteiger partial charge on any atom is 0.305 e. The average Bonchev–Trinajstić information content (AvgIpc) is 3.24. The summed E-state index contributed by atoms with van der Waals surface area (Å²) in [5.41, 5.74) is 3.68. The molecule has 3 aliphatic rings. The lowest BCUT2D eigenvalue weighted by Gasteiger charge is -2.21. The van der Waals surface area contributed by atoms with Gasteiger partial charge < -0.3 is 10.0 Å². The molecule has 0 radical (unpaired) electrons. The number of carbonyl (C=O) groups excluding carboxylic acids is 1. The van der Waals surface area contributed by atoms with Crippen molar-refractivity contribution in [3.05, 3.63) is 34.2 Å². The fourth-order valence-corrected chi connectivity index (χ4v) is 5.59. The summed E-state index contributed by atoms with van der Waals surface area (Å²) in [6.45, 7) is 0.121. The largest absolute Gasteiger partial charge is 0.481 e. The van der Waals surface area contributed by atoms with Crippen LogP contribution in [0.25, 0.3) is 6.08 Å². The van der Waals surface area contributed by atoms with Crippen LogP contribution in [0.3, 0.4) is 0 Å². The number of carboxylic acids is 1. The number of benzene rings is 1. The number of rotatable bonds is 4. The summed E-state index contributed by atoms with van der Waals surface area (Å²) < 4.78 is 0.430. The lowest BCUT2D eigenvalue weighted by atomic mass is 9.96. The van der Waals surface area contributed by atoms with Gasteiger partial charge in [0.15, 0.2) is 0 Å². The fraction of sp³-hybridized carbons (Fsp3) is 0.421. The van der Waals surface area contributed by atoms with Gasteiger partial charge in [0, 0.05) is 31.2 Å². The normalized spacial score (nSPS) is 26.0. The summed E-state index contributed by atoms with van der Waals surface area (Å²) >= 11 is 6.49. The first-order valence-electron chi connectivity index (χ1n) is 8.79. The van der Waals surface area contributed by atoms with Crippen LogP contribution in [0.2, 0.25) is 0 Å². The van der Waals surface area contributed by atoms with E-state index < -0.39 is 5.97 Å². The molecule has 4 rings (SSSR count). The van der Waals surface area contributed by atoms with Crippen LogP contribution >= 0.6 is 24.0 Å². The van der Waals surface area contributed by atoms with E-state index in [1.165, 1.54) is 47.2 Å². The van der Waals surface area contributed by atoms with E-state index in [0.717, 1.165) is 5.56 Å². The Morgan fingerprint density at radius 1 is 1.42 bits per heavy atom. The first kappa shape index (κ1) is 17.5. The molecule has 7 heteroatoms. The predicted octanol–water partition coefficient (Wildman–Crippen LogP) is 3.45. The highest BCUT2D eigenvalue weighted by Gasteiger charge is 2.39. The number of hydrogen-bond donors (Lipinski definition) is 1. The van der Waals surface area contributed by atoms with Gasteiger partial charge in [0.05, 0.1) is 11.3 Å². The Morgan fingerprint density at radius 2 is 2.23 bits per heavy atom. The highest BCUT2D eigenvalue weighted by atomic mass is 32.2. The van der Waals surface area contributed by atoms with Gasteiger partial charge in [0.2, 0.25) is 0 Å². The Kier molecular flexibility index (Phi) is 4.52. The van der Waals surface area contributed by atoms with Crippen molar-refractivity contribution in [2.24, 2.45) is 0 Å². The van der Waals surface area contributed by atoms with Crippen LogP contribution in [0, 0.1) is 0 Å². The molecule has 1 aromatic carbocycles. The number of carboxylic acid groups (broad SMARTS) is 1. The van der Waals surface area contributed by atoms with Crippen LogP contribution in [0.15, 0.2) is 23.1 Å². The second-order valence-corrected chi connectivity index (χ2v) is 8.69. The molecule has 26 heavy (non-hydrogen) atoms. The van der Waals surface area contributed by atoms with Crippen LogP contribution in [-0.4, -0.2) is 45.8 Å². The Labute approximate surface area is 162 Å². The number of thiocarbonyl (C=S) groups is 1. The molecule has 1 aromatic rings. The molecule has 1 N–H and O–H groups in total. The molecular weight excluding hydrogens is 368 g/mol. The van der Waals surface area contributed by atoms with Gasteiger partial charge in [-0.15, -0.1) is 0 Å². The third-order valence-corrected chi connectivity index (χ3v) is 6.91. The molecule has 2 unspecified atom stereocenters. The number of hydrogen-bond acceptors (Lipinski definition) is 5. The third-order valence-electron chi connectivity index (χ3n) is 5.53. The minimum absolute atomic E-state index is 0.103. The van der Waals surface area contributed by atoms with E-state index in [1.807, 2.05) is 12.1 Å². The zero-order chi connectivity index (χ0) is 18.4. The molecule has 0 aromatic heterocycles. The van der Waals surface area contributed by atoms with Crippen molar-refractivity contribution in [3.63, 3.8) is 0 Å². The van der Waals surface area contributed by atoms with Crippen molar-refractivity contribution in [2.45, 2.75) is 37.6 Å². The number of carbonyl (C=O) groups is 2. The Hall–Kier alpha value is -1.86. The lowest BCUT2D eigenvalue weighted by molar-refractivity contribution is -0.137. The van der Waals surface area contributed by atoms with Crippen molar-refractivity contribution in [1.82, 2.24) is 4.90 Å². The smallest absolute Gasteiger partial charge is 0.305 e. The van der Waals surface area contributed by atoms with Crippen molar-refractivity contribution in [2.75, 3.05) is 18.5 Å². The Morgan fingerprint density at radius 3 is 3.00 bits per heavy atom. The monoisotopic (exact) mass is 388 g/mol. The highest BCUT2D eigenvalue weighted by Crippen LogP contribution is 2.48. The second-order valence-electron chi connectivity index (χ2n) is 7.01. The number of aliphatic carboxylic acids is 1. The van der Waals surface area contributed by atoms with Gasteiger partial charge in [-0.3, -0.25) is 14.5 Å². The molecular formula is C19H20N2O3S2. The van der Waals surface area contributed by atoms with E-state index in [1.54, 1.807) is 0 Å². The van der Waals surface area contributed by atoms with Gasteiger partial charge in [-0.1, -0.05) is 36.5 Å². The minimum atomic E-state index is -0.933. The van der Waals surface area contributed by atoms with Gasteiger partial charge in [-0.25, -0.2) is 0 Å². The molecule has 2 heterocycles. The van der Waals surface area contributed by atoms with E-state index >= 15 is 0 Å². The van der Waals surface area contributed by atoms with E-state index in [-0.39, 0.29) is 18.9 Å². The predicted molar refractivity (Wildman–Crippen MR) is 107 cm³/mol. The number of likely N-dealkylation sites (N-methyl/N-ethyl adjacent to an activating group) is 1. The fourth-order valence-electron chi connectivity index (χ4n) is 4.28. The summed E-state index contributed by atoms with van der Waals surface area (Å²) in [7, 11) is 2.17. The zero-order valence-corrected chi connectivity index (χ0v) is 16.1. The average molecular weight is 389 g/mol. The Bertz CT molecular complexity index is 836. The summed E-state index contributed by atoms with van der Waals surface area (Å²) in [6.07, 6.45) is 5.51. The molecule has 5 nitrogen and oxygen atoms in total. The van der Waals surface area contributed by atoms with E-state index in [2.05, 4.69) is 24.1 Å². The number of fused-ring (bicyclic) bond motifs is 3. The third kappa shape index (κ3) is 2.93. The van der Waals surface area contributed by atoms with Gasteiger partial charge in [-0.2, -0.15) is 0 Å². The van der Waals surface area contributed by atoms with Crippen LogP contribution < -0.4 is 4.90 Å². The SMILES string of the molecule is CN1c2ccc(C=C3SC(=S)N(CCC(=O)O)C3=O)cc2C2CCCC21. The number of anilines is 1. The first-order valence-corrected chi connectivity index (χ1v) is 10.0. The standard InChI is InChI=1S/C19H20N2O3S2/c1-20-14-4-2-3-12(14)13-9-11(5-6-15(13)20)10-16-18(24)21(19(25)26-16)8-7-17(22)23/h5-6,9-10,12,14H,2-4,7-8H2,1H3,(H,22,23). The van der Waals surface area contributed by atoms with E-state index in [0.29, 0.717) is 21.2 Å². The van der Waals surface area contributed by atoms with Crippen LogP contribution in [-0.2, 0) is 9.59 Å². The molecule has 1 aliphatic carbocycles. The zero-order valence-electron chi connectivity index (χ0n) is 14.5. The topological polar surface area (TPSA) is 60.9 Å². The molecule has 1 amide bonds. The molecule has 1 saturated carbocycles. The number of amides is 1. The summed E-state index contributed by atoms with van der Waals surface area (Å²) in [5.74, 6) is -0.539. The summed E-state index contributed by atoms with van der Waals surface area (Å²) in [5, 5.41) is 8.83. The molecule has 1 saturated heterocycles. The molecule has 136 valence electrons. The quantitative estimate of drug-likeness (QED) is 0.630. The molecule has 2 fully saturated rings. The van der Waals surface area contributed by atoms with E-state index in [9.17, 15) is 9.59 Å². The van der Waals surface area contributed by atoms with Crippen molar-refractivity contribution in [1.29, 1.82) is 0 Å². The number of thioether (sulfide) groups is 1. The van der Waals surface area contributed by atoms with Crippen LogP contribution in [0.1, 0.15) is 42.7 Å². The van der Waals surface area contributed by atoms with Crippen molar-refractivity contribution < 1.29 is 14.7 Å². The van der Waals surface area contributed by atoms with Gasteiger partial charge in [0.1, 0.15) is 4.32 Å². The van der Waals surface area contributed by atoms with Crippen LogP contribution in [0.5, 0.6) is 0 Å². The minimum Gasteiger partial charge on any atom is -0.481 e. The van der Waals surface area contributed by atoms with E-state index in [4.69, 9.17) is 17.3 Å². The van der Waals surface area contributed by atoms with Gasteiger partial charge in [0.25, 0.3) is 5.91 Å². The van der Waals surface area contributed by atoms with Crippen LogP contribution in [0.4, 0.5) is 5.69 Å². The molecule has 0 spiro atoms. The summed E-state index contributed by atoms with van der Waals surface area (Å²) in [4.78, 5) is 27.6. The highest BCUT2D eigenvalue weighted by molar-refractivity contribution is 8.26.